The molecule has 0 unspecified atom stereocenters. The highest BCUT2D eigenvalue weighted by molar-refractivity contribution is 6.04. The van der Waals surface area contributed by atoms with Gasteiger partial charge in [0, 0.05) is 24.7 Å². The van der Waals surface area contributed by atoms with Gasteiger partial charge in [0.15, 0.2) is 0 Å². The first-order valence-corrected chi connectivity index (χ1v) is 8.43. The second kappa shape index (κ2) is 9.31. The minimum absolute atomic E-state index is 0.198. The van der Waals surface area contributed by atoms with Gasteiger partial charge in [-0.3, -0.25) is 4.79 Å². The minimum atomic E-state index is -0.929. The SMILES string of the molecule is O=C(Nc1ccc(CC/C=N/Oc2ccccn2)cn1)c1c(F)cccc1F. The zero-order chi connectivity index (χ0) is 19.8. The van der Waals surface area contributed by atoms with Gasteiger partial charge in [0.25, 0.3) is 5.91 Å². The van der Waals surface area contributed by atoms with Gasteiger partial charge in [-0.2, -0.15) is 0 Å². The molecular formula is C20H16F2N4O2. The maximum absolute atomic E-state index is 13.6. The molecule has 1 amide bonds. The van der Waals surface area contributed by atoms with E-state index < -0.39 is 23.1 Å². The molecule has 0 saturated heterocycles. The molecule has 0 atom stereocenters. The largest absolute Gasteiger partial charge is 0.337 e. The molecule has 0 radical (unpaired) electrons. The van der Waals surface area contributed by atoms with Crippen LogP contribution in [0.3, 0.4) is 0 Å². The van der Waals surface area contributed by atoms with E-state index in [1.165, 1.54) is 6.07 Å². The molecule has 1 N–H and O–H groups in total. The van der Waals surface area contributed by atoms with Crippen molar-refractivity contribution in [2.45, 2.75) is 12.8 Å². The summed E-state index contributed by atoms with van der Waals surface area (Å²) in [7, 11) is 0. The van der Waals surface area contributed by atoms with Crippen molar-refractivity contribution in [2.24, 2.45) is 5.16 Å². The lowest BCUT2D eigenvalue weighted by Crippen LogP contribution is -2.16. The smallest absolute Gasteiger partial charge is 0.262 e. The van der Waals surface area contributed by atoms with E-state index in [0.717, 1.165) is 17.7 Å². The predicted molar refractivity (Wildman–Crippen MR) is 100 cm³/mol. The number of anilines is 1. The molecule has 0 fully saturated rings. The van der Waals surface area contributed by atoms with E-state index in [9.17, 15) is 13.6 Å². The van der Waals surface area contributed by atoms with E-state index in [0.29, 0.717) is 18.7 Å². The zero-order valence-electron chi connectivity index (χ0n) is 14.7. The number of oxime groups is 1. The van der Waals surface area contributed by atoms with Crippen LogP contribution in [0.4, 0.5) is 14.6 Å². The van der Waals surface area contributed by atoms with E-state index in [1.54, 1.807) is 48.9 Å². The number of carbonyl (C=O) groups excluding carboxylic acids is 1. The second-order valence-electron chi connectivity index (χ2n) is 5.69. The maximum Gasteiger partial charge on any atom is 0.262 e. The number of halogens is 2. The topological polar surface area (TPSA) is 76.5 Å². The Labute approximate surface area is 159 Å². The molecule has 6 nitrogen and oxygen atoms in total. The fraction of sp³-hybridized carbons (Fsp3) is 0.100. The first kappa shape index (κ1) is 19.1. The number of hydrogen-bond donors (Lipinski definition) is 1. The zero-order valence-corrected chi connectivity index (χ0v) is 14.7. The number of rotatable bonds is 7. The Morgan fingerprint density at radius 1 is 1.07 bits per heavy atom. The Morgan fingerprint density at radius 2 is 1.89 bits per heavy atom. The van der Waals surface area contributed by atoms with Gasteiger partial charge in [0.1, 0.15) is 23.0 Å². The molecule has 2 aromatic heterocycles. The van der Waals surface area contributed by atoms with Crippen molar-refractivity contribution in [3.8, 4) is 5.88 Å². The Hall–Kier alpha value is -3.68. The third kappa shape index (κ3) is 5.16. The van der Waals surface area contributed by atoms with Crippen LogP contribution in [0.25, 0.3) is 0 Å². The van der Waals surface area contributed by atoms with Gasteiger partial charge in [-0.15, -0.1) is 0 Å². The number of carbonyl (C=O) groups is 1. The van der Waals surface area contributed by atoms with E-state index in [-0.39, 0.29) is 5.82 Å². The van der Waals surface area contributed by atoms with Gasteiger partial charge < -0.3 is 10.2 Å². The highest BCUT2D eigenvalue weighted by atomic mass is 19.1. The molecule has 0 aliphatic rings. The second-order valence-corrected chi connectivity index (χ2v) is 5.69. The quantitative estimate of drug-likeness (QED) is 0.495. The molecule has 0 spiro atoms. The number of nitrogens with one attached hydrogen (secondary N) is 1. The summed E-state index contributed by atoms with van der Waals surface area (Å²) in [6, 6.07) is 11.8. The van der Waals surface area contributed by atoms with E-state index in [4.69, 9.17) is 4.84 Å². The van der Waals surface area contributed by atoms with Crippen molar-refractivity contribution < 1.29 is 18.4 Å². The lowest BCUT2D eigenvalue weighted by atomic mass is 10.1. The molecule has 0 saturated carbocycles. The average molecular weight is 382 g/mol. The summed E-state index contributed by atoms with van der Waals surface area (Å²) < 4.78 is 27.3. The summed E-state index contributed by atoms with van der Waals surface area (Å²) in [5, 5.41) is 6.21. The number of benzene rings is 1. The van der Waals surface area contributed by atoms with Crippen molar-refractivity contribution in [3.05, 3.63) is 83.7 Å². The van der Waals surface area contributed by atoms with Gasteiger partial charge in [-0.1, -0.05) is 23.4 Å². The number of hydrogen-bond acceptors (Lipinski definition) is 5. The normalized spacial score (nSPS) is 10.8. The van der Waals surface area contributed by atoms with Gasteiger partial charge >= 0.3 is 0 Å². The van der Waals surface area contributed by atoms with Crippen LogP contribution >= 0.6 is 0 Å². The molecule has 0 aliphatic heterocycles. The standard InChI is InChI=1S/C20H16F2N4O2/c21-15-6-3-7-16(22)19(15)20(27)26-17-10-9-14(13-24-17)5-4-12-25-28-18-8-1-2-11-23-18/h1-3,6-13H,4-5H2,(H,24,26,27)/b25-12+. The summed E-state index contributed by atoms with van der Waals surface area (Å²) in [4.78, 5) is 25.2. The number of nitrogens with zero attached hydrogens (tertiary/aromatic N) is 3. The first-order valence-electron chi connectivity index (χ1n) is 8.43. The minimum Gasteiger partial charge on any atom is -0.337 e. The van der Waals surface area contributed by atoms with Crippen molar-refractivity contribution >= 4 is 17.9 Å². The summed E-state index contributed by atoms with van der Waals surface area (Å²) in [6.07, 6.45) is 6.06. The fourth-order valence-electron chi connectivity index (χ4n) is 2.32. The Kier molecular flexibility index (Phi) is 6.35. The molecule has 1 aromatic carbocycles. The number of amides is 1. The first-order chi connectivity index (χ1) is 13.6. The van der Waals surface area contributed by atoms with Crippen LogP contribution in [-0.2, 0) is 6.42 Å². The molecule has 0 aliphatic carbocycles. The Bertz CT molecular complexity index is 943. The van der Waals surface area contributed by atoms with Crippen molar-refractivity contribution in [1.82, 2.24) is 9.97 Å². The van der Waals surface area contributed by atoms with Crippen molar-refractivity contribution in [1.29, 1.82) is 0 Å². The van der Waals surface area contributed by atoms with Crippen LogP contribution in [0.15, 0.2) is 66.1 Å². The average Bonchev–Trinajstić information content (AvgIpc) is 2.70. The predicted octanol–water partition coefficient (Wildman–Crippen LogP) is 4.00. The molecule has 2 heterocycles. The molecular weight excluding hydrogens is 366 g/mol. The van der Waals surface area contributed by atoms with Crippen LogP contribution in [-0.4, -0.2) is 22.1 Å². The van der Waals surface area contributed by atoms with Crippen LogP contribution in [0, 0.1) is 11.6 Å². The van der Waals surface area contributed by atoms with Gasteiger partial charge in [-0.05, 0) is 42.7 Å². The Morgan fingerprint density at radius 3 is 2.57 bits per heavy atom. The lowest BCUT2D eigenvalue weighted by Gasteiger charge is -2.07. The van der Waals surface area contributed by atoms with Crippen molar-refractivity contribution in [3.63, 3.8) is 0 Å². The molecule has 142 valence electrons. The van der Waals surface area contributed by atoms with E-state index in [2.05, 4.69) is 20.4 Å². The third-order valence-corrected chi connectivity index (χ3v) is 3.68. The van der Waals surface area contributed by atoms with Crippen LogP contribution in [0.1, 0.15) is 22.3 Å². The molecule has 0 bridgehead atoms. The molecule has 28 heavy (non-hydrogen) atoms. The van der Waals surface area contributed by atoms with Crippen LogP contribution < -0.4 is 10.2 Å². The fourth-order valence-corrected chi connectivity index (χ4v) is 2.32. The summed E-state index contributed by atoms with van der Waals surface area (Å²) in [5.74, 6) is -2.15. The highest BCUT2D eigenvalue weighted by Gasteiger charge is 2.17. The van der Waals surface area contributed by atoms with Gasteiger partial charge in [0.05, 0.1) is 0 Å². The number of pyridine rings is 2. The van der Waals surface area contributed by atoms with Crippen molar-refractivity contribution in [2.75, 3.05) is 5.32 Å². The molecule has 3 aromatic rings. The molecule has 8 heteroatoms. The van der Waals surface area contributed by atoms with Gasteiger partial charge in [0.2, 0.25) is 5.88 Å². The van der Waals surface area contributed by atoms with E-state index >= 15 is 0 Å². The molecule has 3 rings (SSSR count). The van der Waals surface area contributed by atoms with Crippen LogP contribution in [0.2, 0.25) is 0 Å². The third-order valence-electron chi connectivity index (χ3n) is 3.68. The number of aromatic nitrogens is 2. The van der Waals surface area contributed by atoms with Crippen LogP contribution in [0.5, 0.6) is 5.88 Å². The Balaban J connectivity index is 1.50. The highest BCUT2D eigenvalue weighted by Crippen LogP contribution is 2.15. The maximum atomic E-state index is 13.6. The monoisotopic (exact) mass is 382 g/mol. The van der Waals surface area contributed by atoms with Gasteiger partial charge in [-0.25, -0.2) is 18.7 Å². The lowest BCUT2D eigenvalue weighted by molar-refractivity contribution is 0.101. The summed E-state index contributed by atoms with van der Waals surface area (Å²) in [5.41, 5.74) is 0.261. The number of aryl methyl sites for hydroxylation is 1. The van der Waals surface area contributed by atoms with E-state index in [1.807, 2.05) is 0 Å². The summed E-state index contributed by atoms with van der Waals surface area (Å²) in [6.45, 7) is 0. The summed E-state index contributed by atoms with van der Waals surface area (Å²) >= 11 is 0.